The lowest BCUT2D eigenvalue weighted by Gasteiger charge is -2.33. The van der Waals surface area contributed by atoms with Gasteiger partial charge in [-0.3, -0.25) is 19.2 Å². The molecule has 4 heterocycles. The van der Waals surface area contributed by atoms with E-state index in [2.05, 4.69) is 30.5 Å². The van der Waals surface area contributed by atoms with E-state index in [-0.39, 0.29) is 25.5 Å². The zero-order chi connectivity index (χ0) is 37.1. The number of nitrogens with zero attached hydrogens (tertiary/aromatic N) is 5. The van der Waals surface area contributed by atoms with Crippen LogP contribution in [0.25, 0.3) is 11.2 Å². The van der Waals surface area contributed by atoms with E-state index in [1.165, 1.54) is 18.1 Å². The number of nitrogens with two attached hydrogens (primary N) is 3. The van der Waals surface area contributed by atoms with Crippen LogP contribution in [0, 0.1) is 5.92 Å². The topological polar surface area (TPSA) is 261 Å². The predicted octanol–water partition coefficient (Wildman–Crippen LogP) is 3.00. The molecule has 2 aromatic heterocycles. The molecule has 8 N–H and O–H groups in total. The van der Waals surface area contributed by atoms with Crippen LogP contribution < -0.4 is 26.7 Å². The van der Waals surface area contributed by atoms with Gasteiger partial charge in [0.2, 0.25) is 6.79 Å². The number of esters is 1. The Morgan fingerprint density at radius 1 is 1.08 bits per heavy atom. The molecule has 2 atom stereocenters. The van der Waals surface area contributed by atoms with Crippen LogP contribution in [0.3, 0.4) is 0 Å². The molecular weight excluding hydrogens is 752 g/mol. The Kier molecular flexibility index (Phi) is 14.6. The number of likely N-dealkylation sites (tertiary alicyclic amines) is 1. The average molecular weight is 796 g/mol. The fourth-order valence-electron chi connectivity index (χ4n) is 5.45. The minimum atomic E-state index is -1.08. The Morgan fingerprint density at radius 3 is 2.39 bits per heavy atom. The van der Waals surface area contributed by atoms with Crippen LogP contribution in [0.15, 0.2) is 33.0 Å². The lowest BCUT2D eigenvalue weighted by molar-refractivity contribution is -0.161. The summed E-state index contributed by atoms with van der Waals surface area (Å²) in [6.07, 6.45) is 4.56. The Morgan fingerprint density at radius 2 is 1.75 bits per heavy atom. The van der Waals surface area contributed by atoms with E-state index in [0.29, 0.717) is 67.0 Å². The van der Waals surface area contributed by atoms with Gasteiger partial charge < -0.3 is 51.1 Å². The number of hydrogen-bond donors (Lipinski definition) is 5. The first-order valence-electron chi connectivity index (χ1n) is 16.5. The van der Waals surface area contributed by atoms with Crippen molar-refractivity contribution in [3.05, 3.63) is 22.9 Å². The van der Waals surface area contributed by atoms with Gasteiger partial charge in [0.05, 0.1) is 12.8 Å². The van der Waals surface area contributed by atoms with Crippen molar-refractivity contribution in [1.82, 2.24) is 24.4 Å². The van der Waals surface area contributed by atoms with Crippen molar-refractivity contribution in [3.8, 4) is 11.5 Å². The lowest BCUT2D eigenvalue weighted by atomic mass is 9.93. The number of carbonyl (C=O) groups excluding carboxylic acids is 2. The summed E-state index contributed by atoms with van der Waals surface area (Å²) < 4.78 is 19.4. The molecule has 1 fully saturated rings. The molecular formula is C32H43BrN8O9S. The normalized spacial score (nSPS) is 15.2. The lowest BCUT2D eigenvalue weighted by Crippen LogP contribution is -2.46. The van der Waals surface area contributed by atoms with Gasteiger partial charge in [-0.05, 0) is 79.6 Å². The Bertz CT molecular complexity index is 1690. The first-order valence-corrected chi connectivity index (χ1v) is 18.1. The molecule has 17 nitrogen and oxygen atoms in total. The highest BCUT2D eigenvalue weighted by Gasteiger charge is 2.30. The Balaban J connectivity index is 0.000000652. The third-order valence-corrected chi connectivity index (χ3v) is 10.3. The van der Waals surface area contributed by atoms with Gasteiger partial charge in [-0.2, -0.15) is 0 Å². The van der Waals surface area contributed by atoms with E-state index in [0.717, 1.165) is 46.6 Å². The van der Waals surface area contributed by atoms with Gasteiger partial charge in [-0.1, -0.05) is 18.2 Å². The summed E-state index contributed by atoms with van der Waals surface area (Å²) in [6.45, 7) is 4.21. The van der Waals surface area contributed by atoms with Gasteiger partial charge in [-0.15, -0.1) is 0 Å². The number of rotatable bonds is 15. The van der Waals surface area contributed by atoms with E-state index in [1.807, 2.05) is 12.1 Å². The number of imidazole rings is 1. The van der Waals surface area contributed by atoms with E-state index in [1.54, 1.807) is 11.8 Å². The zero-order valence-electron chi connectivity index (χ0n) is 28.2. The van der Waals surface area contributed by atoms with Crippen LogP contribution in [0.4, 0.5) is 5.82 Å². The number of carboxylic acid groups (broad SMARTS) is 2. The number of nitrogen functional groups attached to an aromatic ring is 1. The zero-order valence-corrected chi connectivity index (χ0v) is 30.6. The number of hydrogen-bond acceptors (Lipinski definition) is 14. The number of aromatic nitrogens is 4. The van der Waals surface area contributed by atoms with Crippen molar-refractivity contribution in [1.29, 1.82) is 0 Å². The fraction of sp³-hybridized carbons (Fsp3) is 0.531. The summed E-state index contributed by atoms with van der Waals surface area (Å²) in [5, 5.41) is 16.5. The van der Waals surface area contributed by atoms with Crippen LogP contribution in [-0.4, -0.2) is 97.0 Å². The molecule has 51 heavy (non-hydrogen) atoms. The molecule has 1 aromatic carbocycles. The van der Waals surface area contributed by atoms with Crippen molar-refractivity contribution in [2.75, 3.05) is 32.2 Å². The predicted molar refractivity (Wildman–Crippen MR) is 189 cm³/mol. The number of halogens is 1. The minimum Gasteiger partial charge on any atom is -0.481 e. The molecule has 278 valence electrons. The molecule has 1 saturated heterocycles. The Hall–Kier alpha value is -4.20. The van der Waals surface area contributed by atoms with Gasteiger partial charge in [0.1, 0.15) is 12.4 Å². The van der Waals surface area contributed by atoms with Crippen LogP contribution in [0.5, 0.6) is 11.5 Å². The smallest absolute Gasteiger partial charge is 0.323 e. The van der Waals surface area contributed by atoms with Crippen molar-refractivity contribution >= 4 is 68.5 Å². The molecule has 0 unspecified atom stereocenters. The first-order chi connectivity index (χ1) is 24.4. The largest absolute Gasteiger partial charge is 0.481 e. The molecule has 3 aromatic rings. The third kappa shape index (κ3) is 11.1. The number of carboxylic acids is 2. The fourth-order valence-corrected chi connectivity index (χ4v) is 6.96. The Labute approximate surface area is 306 Å². The van der Waals surface area contributed by atoms with Crippen LogP contribution in [0.1, 0.15) is 58.3 Å². The summed E-state index contributed by atoms with van der Waals surface area (Å²) in [7, 11) is 0. The van der Waals surface area contributed by atoms with Crippen LogP contribution in [-0.2, 0) is 30.5 Å². The molecule has 2 aliphatic rings. The number of unbranched alkanes of at least 4 members (excludes halogenated alkanes) is 1. The third-order valence-electron chi connectivity index (χ3n) is 8.31. The number of amides is 1. The highest BCUT2D eigenvalue weighted by atomic mass is 79.9. The summed E-state index contributed by atoms with van der Waals surface area (Å²) in [6, 6.07) is 3.07. The van der Waals surface area contributed by atoms with Crippen molar-refractivity contribution in [2.24, 2.45) is 17.4 Å². The second kappa shape index (κ2) is 18.9. The molecule has 0 saturated carbocycles. The molecule has 19 heteroatoms. The SMILES string of the molecule is C[C@H](OC(=O)[C@@H](N)CCCCN)C(=O)N1CCC(CCn2c(Sc3cc4c(cc3Br)OCO4)nc3c(N)ncnc32)CC1.O=C(O)CCC(=O)O. The highest BCUT2D eigenvalue weighted by molar-refractivity contribution is 9.10. The molecule has 1 amide bonds. The summed E-state index contributed by atoms with van der Waals surface area (Å²) >= 11 is 5.12. The maximum absolute atomic E-state index is 13.0. The molecule has 0 bridgehead atoms. The van der Waals surface area contributed by atoms with Crippen molar-refractivity contribution in [3.63, 3.8) is 0 Å². The number of anilines is 1. The summed E-state index contributed by atoms with van der Waals surface area (Å²) in [5.41, 5.74) is 18.8. The van der Waals surface area contributed by atoms with Gasteiger partial charge in [-0.25, -0.2) is 15.0 Å². The van der Waals surface area contributed by atoms with Gasteiger partial charge in [0.15, 0.2) is 39.7 Å². The molecule has 2 aliphatic heterocycles. The highest BCUT2D eigenvalue weighted by Crippen LogP contribution is 2.43. The van der Waals surface area contributed by atoms with Gasteiger partial charge in [0, 0.05) is 29.0 Å². The molecule has 0 aliphatic carbocycles. The number of ether oxygens (including phenoxy) is 3. The number of carbonyl (C=O) groups is 4. The first kappa shape index (κ1) is 39.6. The average Bonchev–Trinajstić information content (AvgIpc) is 3.71. The summed E-state index contributed by atoms with van der Waals surface area (Å²) in [5.74, 6) is -0.798. The second-order valence-corrected chi connectivity index (χ2v) is 13.9. The maximum atomic E-state index is 13.0. The maximum Gasteiger partial charge on any atom is 0.323 e. The number of fused-ring (bicyclic) bond motifs is 2. The monoisotopic (exact) mass is 794 g/mol. The number of piperidine rings is 1. The second-order valence-electron chi connectivity index (χ2n) is 12.0. The van der Waals surface area contributed by atoms with Crippen LogP contribution in [0.2, 0.25) is 0 Å². The molecule has 5 rings (SSSR count). The van der Waals surface area contributed by atoms with Gasteiger partial charge in [0.25, 0.3) is 5.91 Å². The van der Waals surface area contributed by atoms with Gasteiger partial charge >= 0.3 is 17.9 Å². The van der Waals surface area contributed by atoms with E-state index in [9.17, 15) is 19.2 Å². The number of aryl methyl sites for hydroxylation is 1. The summed E-state index contributed by atoms with van der Waals surface area (Å²) in [4.78, 5) is 60.7. The molecule has 0 radical (unpaired) electrons. The van der Waals surface area contributed by atoms with Crippen LogP contribution >= 0.6 is 27.7 Å². The number of benzene rings is 1. The molecule has 0 spiro atoms. The van der Waals surface area contributed by atoms with E-state index in [4.69, 9.17) is 46.6 Å². The standard InChI is InChI=1S/C28H37BrN8O5S.C4H6O4/c1-16(42-27(39)19(31)4-2-3-8-30)26(38)36-9-5-17(6-10-36)7-11-37-25-23(24(32)33-14-34-25)35-28(37)43-22-13-21-20(12-18(22)29)40-15-41-21;5-3(6)1-2-4(7)8/h12-14,16-17,19H,2-11,15,30-31H2,1H3,(H2,32,33,34);1-2H2,(H,5,6)(H,7,8)/t16-,19-;/m0./s1. The minimum absolute atomic E-state index is 0.193. The van der Waals surface area contributed by atoms with E-state index >= 15 is 0 Å². The van der Waals surface area contributed by atoms with Crippen molar-refractivity contribution < 1.29 is 43.6 Å². The quantitative estimate of drug-likeness (QED) is 0.109. The number of aliphatic carboxylic acids is 2. The van der Waals surface area contributed by atoms with Crippen molar-refractivity contribution in [2.45, 2.75) is 87.0 Å². The van der Waals surface area contributed by atoms with E-state index < -0.39 is 30.1 Å².